The van der Waals surface area contributed by atoms with Crippen LogP contribution in [0.25, 0.3) is 0 Å². The second-order valence-corrected chi connectivity index (χ2v) is 8.22. The topological polar surface area (TPSA) is 0 Å². The molecule has 3 rings (SSSR count). The number of hydrogen-bond acceptors (Lipinski definition) is 0. The van der Waals surface area contributed by atoms with E-state index in [1.54, 1.807) is 0 Å². The minimum absolute atomic E-state index is 0.385. The van der Waals surface area contributed by atoms with E-state index in [2.05, 4.69) is 75.0 Å². The quantitative estimate of drug-likeness (QED) is 0.455. The first-order valence-electron chi connectivity index (χ1n) is 10.9. The summed E-state index contributed by atoms with van der Waals surface area (Å²) in [6, 6.07) is 20.2. The van der Waals surface area contributed by atoms with E-state index in [0.29, 0.717) is 11.3 Å². The fourth-order valence-corrected chi connectivity index (χ4v) is 4.74. The van der Waals surface area contributed by atoms with Crippen molar-refractivity contribution in [3.05, 3.63) is 83.4 Å². The Morgan fingerprint density at radius 3 is 1.89 bits per heavy atom. The van der Waals surface area contributed by atoms with Crippen molar-refractivity contribution in [1.82, 2.24) is 0 Å². The zero-order valence-electron chi connectivity index (χ0n) is 17.9. The Morgan fingerprint density at radius 2 is 1.37 bits per heavy atom. The van der Waals surface area contributed by atoms with Crippen LogP contribution in [-0.4, -0.2) is 0 Å². The number of hydrogen-bond donors (Lipinski definition) is 0. The molecule has 1 aliphatic carbocycles. The van der Waals surface area contributed by atoms with Gasteiger partial charge in [0.2, 0.25) is 0 Å². The highest BCUT2D eigenvalue weighted by Crippen LogP contribution is 2.49. The molecule has 0 heterocycles. The third-order valence-electron chi connectivity index (χ3n) is 6.04. The van der Waals surface area contributed by atoms with Gasteiger partial charge in [0.15, 0.2) is 0 Å². The Bertz CT molecular complexity index is 672. The van der Waals surface area contributed by atoms with E-state index in [0.717, 1.165) is 12.8 Å². The number of rotatable bonds is 6. The predicted octanol–water partition coefficient (Wildman–Crippen LogP) is 8.13. The fraction of sp³-hybridized carbons (Fsp3) is 0.481. The largest absolute Gasteiger partial charge is 0.0995 e. The molecule has 1 saturated carbocycles. The van der Waals surface area contributed by atoms with Gasteiger partial charge in [-0.1, -0.05) is 107 Å². The van der Waals surface area contributed by atoms with E-state index in [9.17, 15) is 0 Å². The van der Waals surface area contributed by atoms with Crippen molar-refractivity contribution in [3.63, 3.8) is 0 Å². The van der Waals surface area contributed by atoms with Gasteiger partial charge in [-0.25, -0.2) is 0 Å². The maximum absolute atomic E-state index is 4.35. The van der Waals surface area contributed by atoms with Crippen molar-refractivity contribution in [1.29, 1.82) is 0 Å². The predicted molar refractivity (Wildman–Crippen MR) is 120 cm³/mol. The molecule has 1 atom stereocenters. The molecule has 0 radical (unpaired) electrons. The summed E-state index contributed by atoms with van der Waals surface area (Å²) in [5, 5.41) is 0. The van der Waals surface area contributed by atoms with Crippen LogP contribution >= 0.6 is 0 Å². The first-order chi connectivity index (χ1) is 13.1. The molecule has 0 N–H and O–H groups in total. The van der Waals surface area contributed by atoms with Crippen molar-refractivity contribution in [2.75, 3.05) is 0 Å². The van der Waals surface area contributed by atoms with E-state index in [-0.39, 0.29) is 0 Å². The third-order valence-corrected chi connectivity index (χ3v) is 6.04. The Kier molecular flexibility index (Phi) is 8.35. The molecular weight excluding hydrogens is 324 g/mol. The van der Waals surface area contributed by atoms with Gasteiger partial charge < -0.3 is 0 Å². The molecule has 2 aromatic carbocycles. The van der Waals surface area contributed by atoms with E-state index in [1.807, 2.05) is 13.8 Å². The van der Waals surface area contributed by atoms with E-state index < -0.39 is 0 Å². The molecule has 0 bridgehead atoms. The molecule has 0 aromatic heterocycles. The Balaban J connectivity index is 0.00000126. The number of allylic oxidation sites excluding steroid dienone is 1. The first kappa shape index (κ1) is 21.5. The standard InChI is InChI=1S/C25H32.C2H6/c1-20(2)24(25(3)18-8-5-9-19-25)23-16-14-22(15-17-23)13-12-21-10-6-4-7-11-21;1-2/h4,6-7,10-11,14-17,24H,1,5,8-9,12-13,18-19H2,2-3H3;1-2H3. The molecule has 146 valence electrons. The minimum Gasteiger partial charge on any atom is -0.0995 e. The molecule has 1 fully saturated rings. The van der Waals surface area contributed by atoms with Crippen molar-refractivity contribution in [3.8, 4) is 0 Å². The highest BCUT2D eigenvalue weighted by atomic mass is 14.4. The summed E-state index contributed by atoms with van der Waals surface area (Å²) in [5.41, 5.74) is 6.01. The summed E-state index contributed by atoms with van der Waals surface area (Å²) >= 11 is 0. The van der Waals surface area contributed by atoms with Gasteiger partial charge in [-0.2, -0.15) is 0 Å². The molecule has 0 saturated heterocycles. The molecule has 0 spiro atoms. The van der Waals surface area contributed by atoms with Gasteiger partial charge in [0.25, 0.3) is 0 Å². The molecule has 1 aliphatic rings. The average Bonchev–Trinajstić information content (AvgIpc) is 2.70. The summed E-state index contributed by atoms with van der Waals surface area (Å²) < 4.78 is 0. The highest BCUT2D eigenvalue weighted by molar-refractivity contribution is 5.33. The maximum Gasteiger partial charge on any atom is 0.00965 e. The molecular formula is C27H38. The van der Waals surface area contributed by atoms with Gasteiger partial charge in [0.05, 0.1) is 0 Å². The van der Waals surface area contributed by atoms with Gasteiger partial charge in [-0.15, -0.1) is 0 Å². The van der Waals surface area contributed by atoms with Gasteiger partial charge in [-0.05, 0) is 54.7 Å². The van der Waals surface area contributed by atoms with Crippen LogP contribution in [0.3, 0.4) is 0 Å². The lowest BCUT2D eigenvalue weighted by molar-refractivity contribution is 0.185. The van der Waals surface area contributed by atoms with Crippen molar-refractivity contribution in [2.24, 2.45) is 5.41 Å². The summed E-state index contributed by atoms with van der Waals surface area (Å²) in [7, 11) is 0. The lowest BCUT2D eigenvalue weighted by Gasteiger charge is -2.41. The molecule has 0 aliphatic heterocycles. The van der Waals surface area contributed by atoms with Gasteiger partial charge in [0, 0.05) is 5.92 Å². The Labute approximate surface area is 167 Å². The van der Waals surface area contributed by atoms with Crippen LogP contribution in [0.1, 0.15) is 82.4 Å². The second kappa shape index (κ2) is 10.5. The number of benzene rings is 2. The SMILES string of the molecule is C=C(C)C(c1ccc(CCc2ccccc2)cc1)C1(C)CCCCC1.CC. The van der Waals surface area contributed by atoms with E-state index >= 15 is 0 Å². The summed E-state index contributed by atoms with van der Waals surface area (Å²) in [6.07, 6.45) is 9.03. The van der Waals surface area contributed by atoms with Crippen molar-refractivity contribution in [2.45, 2.75) is 78.6 Å². The van der Waals surface area contributed by atoms with Gasteiger partial charge >= 0.3 is 0 Å². The van der Waals surface area contributed by atoms with Crippen LogP contribution in [0.4, 0.5) is 0 Å². The van der Waals surface area contributed by atoms with Crippen LogP contribution < -0.4 is 0 Å². The minimum atomic E-state index is 0.385. The Morgan fingerprint density at radius 1 is 0.852 bits per heavy atom. The van der Waals surface area contributed by atoms with E-state index in [1.165, 1.54) is 54.4 Å². The summed E-state index contributed by atoms with van der Waals surface area (Å²) in [6.45, 7) is 13.0. The van der Waals surface area contributed by atoms with Gasteiger partial charge in [-0.3, -0.25) is 0 Å². The summed E-state index contributed by atoms with van der Waals surface area (Å²) in [5.74, 6) is 0.496. The maximum atomic E-state index is 4.35. The van der Waals surface area contributed by atoms with Crippen LogP contribution in [0.5, 0.6) is 0 Å². The van der Waals surface area contributed by atoms with Crippen molar-refractivity contribution >= 4 is 0 Å². The summed E-state index contributed by atoms with van der Waals surface area (Å²) in [4.78, 5) is 0. The van der Waals surface area contributed by atoms with Crippen LogP contribution in [-0.2, 0) is 12.8 Å². The van der Waals surface area contributed by atoms with Gasteiger partial charge in [0.1, 0.15) is 0 Å². The van der Waals surface area contributed by atoms with Crippen molar-refractivity contribution < 1.29 is 0 Å². The molecule has 27 heavy (non-hydrogen) atoms. The third kappa shape index (κ3) is 5.83. The molecule has 0 heteroatoms. The number of aryl methyl sites for hydroxylation is 2. The Hall–Kier alpha value is -1.82. The molecule has 2 aromatic rings. The van der Waals surface area contributed by atoms with Crippen LogP contribution in [0.15, 0.2) is 66.7 Å². The second-order valence-electron chi connectivity index (χ2n) is 8.22. The smallest absolute Gasteiger partial charge is 0.00965 e. The molecule has 0 amide bonds. The zero-order valence-corrected chi connectivity index (χ0v) is 17.9. The highest BCUT2D eigenvalue weighted by Gasteiger charge is 2.36. The molecule has 1 unspecified atom stereocenters. The van der Waals surface area contributed by atoms with E-state index in [4.69, 9.17) is 0 Å². The fourth-order valence-electron chi connectivity index (χ4n) is 4.74. The normalized spacial score (nSPS) is 16.7. The lowest BCUT2D eigenvalue weighted by Crippen LogP contribution is -2.29. The zero-order chi connectivity index (χ0) is 19.7. The van der Waals surface area contributed by atoms with Crippen LogP contribution in [0, 0.1) is 5.41 Å². The monoisotopic (exact) mass is 362 g/mol. The first-order valence-corrected chi connectivity index (χ1v) is 10.9. The lowest BCUT2D eigenvalue weighted by atomic mass is 9.63. The molecule has 0 nitrogen and oxygen atoms in total. The average molecular weight is 363 g/mol. The van der Waals surface area contributed by atoms with Crippen LogP contribution in [0.2, 0.25) is 0 Å².